The third-order valence-corrected chi connectivity index (χ3v) is 3.95. The van der Waals surface area contributed by atoms with E-state index >= 15 is 0 Å². The molecule has 0 saturated heterocycles. The molecule has 20 heavy (non-hydrogen) atoms. The minimum atomic E-state index is -1.01. The van der Waals surface area contributed by atoms with Gasteiger partial charge in [0.15, 0.2) is 0 Å². The molecule has 0 spiro atoms. The van der Waals surface area contributed by atoms with Gasteiger partial charge in [0.25, 0.3) is 0 Å². The van der Waals surface area contributed by atoms with Crippen LogP contribution in [0.3, 0.4) is 0 Å². The van der Waals surface area contributed by atoms with Gasteiger partial charge in [0.1, 0.15) is 12.2 Å². The van der Waals surface area contributed by atoms with Gasteiger partial charge in [-0.3, -0.25) is 4.79 Å². The third kappa shape index (κ3) is 3.66. The molecule has 1 aromatic carbocycles. The number of hydrogen-bond donors (Lipinski definition) is 3. The maximum absolute atomic E-state index is 10.8. The molecule has 3 N–H and O–H groups in total. The SMILES string of the molecule is CC(=O)NCC(O)C(O)c1cc(-c2ccccc2)cs1. The Morgan fingerprint density at radius 3 is 2.60 bits per heavy atom. The van der Waals surface area contributed by atoms with E-state index < -0.39 is 12.2 Å². The molecule has 1 amide bonds. The topological polar surface area (TPSA) is 69.6 Å². The van der Waals surface area contributed by atoms with E-state index in [4.69, 9.17) is 0 Å². The van der Waals surface area contributed by atoms with Crippen LogP contribution < -0.4 is 5.32 Å². The van der Waals surface area contributed by atoms with Crippen LogP contribution >= 0.6 is 11.3 Å². The van der Waals surface area contributed by atoms with Gasteiger partial charge in [0.05, 0.1) is 0 Å². The number of carbonyl (C=O) groups is 1. The summed E-state index contributed by atoms with van der Waals surface area (Å²) in [4.78, 5) is 11.5. The van der Waals surface area contributed by atoms with Crippen molar-refractivity contribution in [2.75, 3.05) is 6.54 Å². The average molecular weight is 291 g/mol. The Hall–Kier alpha value is -1.69. The van der Waals surface area contributed by atoms with Crippen molar-refractivity contribution < 1.29 is 15.0 Å². The number of aliphatic hydroxyl groups excluding tert-OH is 2. The van der Waals surface area contributed by atoms with Crippen LogP contribution in [-0.4, -0.2) is 28.8 Å². The van der Waals surface area contributed by atoms with Crippen LogP contribution in [0.4, 0.5) is 0 Å². The number of benzene rings is 1. The number of amides is 1. The molecule has 5 heteroatoms. The lowest BCUT2D eigenvalue weighted by molar-refractivity contribution is -0.119. The van der Waals surface area contributed by atoms with E-state index in [0.29, 0.717) is 4.88 Å². The standard InChI is InChI=1S/C15H17NO3S/c1-10(17)16-8-13(18)15(19)14-7-12(9-20-14)11-5-3-2-4-6-11/h2-7,9,13,15,18-19H,8H2,1H3,(H,16,17). The van der Waals surface area contributed by atoms with Gasteiger partial charge in [-0.15, -0.1) is 11.3 Å². The van der Waals surface area contributed by atoms with E-state index in [9.17, 15) is 15.0 Å². The molecule has 0 radical (unpaired) electrons. The highest BCUT2D eigenvalue weighted by atomic mass is 32.1. The molecule has 2 rings (SSSR count). The van der Waals surface area contributed by atoms with Crippen LogP contribution in [0.15, 0.2) is 41.8 Å². The molecule has 2 unspecified atom stereocenters. The summed E-state index contributed by atoms with van der Waals surface area (Å²) in [5, 5.41) is 24.3. The average Bonchev–Trinajstić information content (AvgIpc) is 2.94. The van der Waals surface area contributed by atoms with Gasteiger partial charge in [-0.05, 0) is 22.6 Å². The minimum absolute atomic E-state index is 0.0368. The van der Waals surface area contributed by atoms with Gasteiger partial charge >= 0.3 is 0 Å². The molecule has 0 fully saturated rings. The van der Waals surface area contributed by atoms with E-state index in [1.54, 1.807) is 0 Å². The lowest BCUT2D eigenvalue weighted by Gasteiger charge is -2.16. The summed E-state index contributed by atoms with van der Waals surface area (Å²) in [5.74, 6) is -0.229. The molecule has 0 aliphatic rings. The molecule has 106 valence electrons. The van der Waals surface area contributed by atoms with Crippen molar-refractivity contribution in [2.45, 2.75) is 19.1 Å². The molecule has 1 aromatic heterocycles. The van der Waals surface area contributed by atoms with Gasteiger partial charge in [-0.2, -0.15) is 0 Å². The highest BCUT2D eigenvalue weighted by Crippen LogP contribution is 2.30. The second-order valence-electron chi connectivity index (χ2n) is 4.55. The summed E-state index contributed by atoms with van der Waals surface area (Å²) < 4.78 is 0. The first kappa shape index (κ1) is 14.7. The maximum atomic E-state index is 10.8. The molecule has 0 aliphatic carbocycles. The van der Waals surface area contributed by atoms with E-state index in [1.807, 2.05) is 41.8 Å². The minimum Gasteiger partial charge on any atom is -0.388 e. The van der Waals surface area contributed by atoms with E-state index in [1.165, 1.54) is 18.3 Å². The van der Waals surface area contributed by atoms with Crippen LogP contribution in [0, 0.1) is 0 Å². The van der Waals surface area contributed by atoms with Crippen molar-refractivity contribution >= 4 is 17.2 Å². The quantitative estimate of drug-likeness (QED) is 0.788. The summed E-state index contributed by atoms with van der Waals surface area (Å²) in [6.07, 6.45) is -2.01. The predicted octanol–water partition coefficient (Wildman–Crippen LogP) is 1.95. The zero-order chi connectivity index (χ0) is 14.5. The monoisotopic (exact) mass is 291 g/mol. The lowest BCUT2D eigenvalue weighted by Crippen LogP contribution is -2.33. The highest BCUT2D eigenvalue weighted by Gasteiger charge is 2.20. The van der Waals surface area contributed by atoms with Crippen LogP contribution in [0.1, 0.15) is 17.9 Å². The van der Waals surface area contributed by atoms with Gasteiger partial charge in [0.2, 0.25) is 5.91 Å². The van der Waals surface area contributed by atoms with Crippen molar-refractivity contribution in [1.29, 1.82) is 0 Å². The summed E-state index contributed by atoms with van der Waals surface area (Å²) >= 11 is 1.39. The summed E-state index contributed by atoms with van der Waals surface area (Å²) in [7, 11) is 0. The smallest absolute Gasteiger partial charge is 0.216 e. The number of hydrogen-bond acceptors (Lipinski definition) is 4. The van der Waals surface area contributed by atoms with Gasteiger partial charge in [-0.25, -0.2) is 0 Å². The van der Waals surface area contributed by atoms with E-state index in [0.717, 1.165) is 11.1 Å². The first-order valence-electron chi connectivity index (χ1n) is 6.32. The molecular weight excluding hydrogens is 274 g/mol. The van der Waals surface area contributed by atoms with Gasteiger partial charge in [-0.1, -0.05) is 30.3 Å². The normalized spacial score (nSPS) is 13.8. The van der Waals surface area contributed by atoms with Crippen molar-refractivity contribution in [2.24, 2.45) is 0 Å². The van der Waals surface area contributed by atoms with Crippen LogP contribution in [0.5, 0.6) is 0 Å². The fourth-order valence-electron chi connectivity index (χ4n) is 1.84. The molecule has 2 aromatic rings. The number of aliphatic hydroxyl groups is 2. The Kier molecular flexibility index (Phi) is 4.89. The second kappa shape index (κ2) is 6.65. The summed E-state index contributed by atoms with van der Waals surface area (Å²) in [5.41, 5.74) is 2.08. The fraction of sp³-hybridized carbons (Fsp3) is 0.267. The largest absolute Gasteiger partial charge is 0.388 e. The number of carbonyl (C=O) groups excluding carboxylic acids is 1. The molecule has 0 saturated carbocycles. The highest BCUT2D eigenvalue weighted by molar-refractivity contribution is 7.10. The van der Waals surface area contributed by atoms with Crippen molar-refractivity contribution in [3.05, 3.63) is 46.7 Å². The second-order valence-corrected chi connectivity index (χ2v) is 5.50. The lowest BCUT2D eigenvalue weighted by atomic mass is 10.1. The van der Waals surface area contributed by atoms with Crippen LogP contribution in [-0.2, 0) is 4.79 Å². The first-order valence-corrected chi connectivity index (χ1v) is 7.20. The molecule has 4 nitrogen and oxygen atoms in total. The summed E-state index contributed by atoms with van der Waals surface area (Å²) in [6.45, 7) is 1.41. The molecule has 2 atom stereocenters. The number of thiophene rings is 1. The van der Waals surface area contributed by atoms with Crippen molar-refractivity contribution in [1.82, 2.24) is 5.32 Å². The Morgan fingerprint density at radius 2 is 1.95 bits per heavy atom. The Bertz CT molecular complexity index is 568. The first-order chi connectivity index (χ1) is 9.58. The Labute approximate surface area is 121 Å². The number of nitrogens with one attached hydrogen (secondary N) is 1. The zero-order valence-electron chi connectivity index (χ0n) is 11.1. The van der Waals surface area contributed by atoms with Crippen molar-refractivity contribution in [3.63, 3.8) is 0 Å². The van der Waals surface area contributed by atoms with Crippen molar-refractivity contribution in [3.8, 4) is 11.1 Å². The maximum Gasteiger partial charge on any atom is 0.216 e. The fourth-order valence-corrected chi connectivity index (χ4v) is 2.80. The van der Waals surface area contributed by atoms with E-state index in [-0.39, 0.29) is 12.5 Å². The number of rotatable bonds is 5. The van der Waals surface area contributed by atoms with Gasteiger partial charge < -0.3 is 15.5 Å². The molecule has 0 bridgehead atoms. The van der Waals surface area contributed by atoms with Crippen LogP contribution in [0.25, 0.3) is 11.1 Å². The van der Waals surface area contributed by atoms with E-state index in [2.05, 4.69) is 5.32 Å². The zero-order valence-corrected chi connectivity index (χ0v) is 11.9. The molecule has 1 heterocycles. The summed E-state index contributed by atoms with van der Waals surface area (Å²) in [6, 6.07) is 11.7. The molecular formula is C15H17NO3S. The Morgan fingerprint density at radius 1 is 1.25 bits per heavy atom. The van der Waals surface area contributed by atoms with Crippen LogP contribution in [0.2, 0.25) is 0 Å². The predicted molar refractivity (Wildman–Crippen MR) is 79.4 cm³/mol. The third-order valence-electron chi connectivity index (χ3n) is 2.94. The molecule has 0 aliphatic heterocycles. The Balaban J connectivity index is 2.06. The van der Waals surface area contributed by atoms with Gasteiger partial charge in [0, 0.05) is 18.3 Å².